The summed E-state index contributed by atoms with van der Waals surface area (Å²) in [5, 5.41) is 5.04. The summed E-state index contributed by atoms with van der Waals surface area (Å²) >= 11 is 1.58. The number of hydrogen-bond donors (Lipinski definition) is 1. The van der Waals surface area contributed by atoms with Crippen LogP contribution in [0.5, 0.6) is 0 Å². The molecule has 1 atom stereocenters. The number of pyridine rings is 1. The molecular weight excluding hydrogens is 285 g/mol. The summed E-state index contributed by atoms with van der Waals surface area (Å²) in [6.07, 6.45) is -3.17. The van der Waals surface area contributed by atoms with Gasteiger partial charge in [-0.1, -0.05) is 19.9 Å². The van der Waals surface area contributed by atoms with Crippen LogP contribution < -0.4 is 5.32 Å². The van der Waals surface area contributed by atoms with Crippen LogP contribution in [-0.4, -0.2) is 4.98 Å². The van der Waals surface area contributed by atoms with E-state index >= 15 is 0 Å². The lowest BCUT2D eigenvalue weighted by Crippen LogP contribution is -2.17. The first-order chi connectivity index (χ1) is 9.38. The number of hydrogen-bond acceptors (Lipinski definition) is 3. The Morgan fingerprint density at radius 1 is 1.25 bits per heavy atom. The molecule has 1 N–H and O–H groups in total. The Morgan fingerprint density at radius 3 is 2.55 bits per heavy atom. The topological polar surface area (TPSA) is 24.9 Å². The van der Waals surface area contributed by atoms with E-state index in [1.165, 1.54) is 6.20 Å². The van der Waals surface area contributed by atoms with Crippen molar-refractivity contribution in [1.29, 1.82) is 0 Å². The van der Waals surface area contributed by atoms with Gasteiger partial charge in [-0.05, 0) is 29.5 Å². The van der Waals surface area contributed by atoms with Gasteiger partial charge in [-0.2, -0.15) is 13.2 Å². The highest BCUT2D eigenvalue weighted by Crippen LogP contribution is 2.32. The van der Waals surface area contributed by atoms with Gasteiger partial charge in [0.1, 0.15) is 5.82 Å². The summed E-state index contributed by atoms with van der Waals surface area (Å²) in [6, 6.07) is 5.86. The first kappa shape index (κ1) is 14.8. The van der Waals surface area contributed by atoms with Crippen molar-refractivity contribution < 1.29 is 13.2 Å². The monoisotopic (exact) mass is 300 g/mol. The predicted molar refractivity (Wildman–Crippen MR) is 74.8 cm³/mol. The maximum absolute atomic E-state index is 12.7. The van der Waals surface area contributed by atoms with Crippen LogP contribution in [0.2, 0.25) is 0 Å². The Hall–Kier alpha value is -1.56. The van der Waals surface area contributed by atoms with Crippen molar-refractivity contribution in [2.45, 2.75) is 26.1 Å². The van der Waals surface area contributed by atoms with Gasteiger partial charge < -0.3 is 5.32 Å². The fourth-order valence-corrected chi connectivity index (χ4v) is 2.83. The Bertz CT molecular complexity index is 550. The molecule has 0 saturated heterocycles. The highest BCUT2D eigenvalue weighted by molar-refractivity contribution is 7.10. The predicted octanol–water partition coefficient (Wildman–Crippen LogP) is 4.97. The van der Waals surface area contributed by atoms with Crippen molar-refractivity contribution in [3.63, 3.8) is 0 Å². The number of thiophene rings is 1. The van der Waals surface area contributed by atoms with E-state index in [2.05, 4.69) is 10.3 Å². The average Bonchev–Trinajstić information content (AvgIpc) is 2.88. The smallest absolute Gasteiger partial charge is 0.362 e. The van der Waals surface area contributed by atoms with Crippen LogP contribution in [0.1, 0.15) is 30.3 Å². The molecule has 2 aromatic heterocycles. The number of halogens is 3. The van der Waals surface area contributed by atoms with Crippen molar-refractivity contribution in [1.82, 2.24) is 4.98 Å². The van der Waals surface area contributed by atoms with E-state index in [-0.39, 0.29) is 17.8 Å². The molecule has 2 rings (SSSR count). The summed E-state index contributed by atoms with van der Waals surface area (Å²) < 4.78 is 38.1. The Balaban J connectivity index is 2.24. The van der Waals surface area contributed by atoms with Crippen molar-refractivity contribution in [2.75, 3.05) is 5.32 Å². The number of rotatable bonds is 4. The summed E-state index contributed by atoms with van der Waals surface area (Å²) in [5.41, 5.74) is -0.691. The van der Waals surface area contributed by atoms with Crippen LogP contribution in [0.15, 0.2) is 35.8 Å². The second-order valence-corrected chi connectivity index (χ2v) is 5.79. The van der Waals surface area contributed by atoms with Gasteiger partial charge in [-0.25, -0.2) is 4.98 Å². The zero-order valence-electron chi connectivity index (χ0n) is 11.1. The molecule has 2 aromatic rings. The molecule has 108 valence electrons. The summed E-state index contributed by atoms with van der Waals surface area (Å²) in [5.74, 6) is 0.483. The second-order valence-electron chi connectivity index (χ2n) is 4.81. The van der Waals surface area contributed by atoms with Crippen molar-refractivity contribution >= 4 is 17.2 Å². The molecule has 6 heteroatoms. The lowest BCUT2D eigenvalue weighted by atomic mass is 10.0. The molecule has 0 saturated carbocycles. The van der Waals surface area contributed by atoms with E-state index in [1.807, 2.05) is 31.4 Å². The number of nitrogens with zero attached hydrogens (tertiary/aromatic N) is 1. The highest BCUT2D eigenvalue weighted by atomic mass is 32.1. The molecule has 0 aliphatic rings. The Morgan fingerprint density at radius 2 is 2.00 bits per heavy atom. The van der Waals surface area contributed by atoms with E-state index in [4.69, 9.17) is 0 Å². The minimum atomic E-state index is -4.35. The third-order valence-electron chi connectivity index (χ3n) is 2.91. The molecule has 20 heavy (non-hydrogen) atoms. The minimum Gasteiger partial charge on any atom is -0.362 e. The van der Waals surface area contributed by atoms with Gasteiger partial charge in [0, 0.05) is 11.1 Å². The minimum absolute atomic E-state index is 0.0500. The molecule has 0 aliphatic heterocycles. The third-order valence-corrected chi connectivity index (χ3v) is 3.86. The molecule has 2 nitrogen and oxygen atoms in total. The fraction of sp³-hybridized carbons (Fsp3) is 0.357. The van der Waals surface area contributed by atoms with Crippen LogP contribution >= 0.6 is 11.3 Å². The van der Waals surface area contributed by atoms with Crippen LogP contribution in [0.3, 0.4) is 0 Å². The quantitative estimate of drug-likeness (QED) is 0.862. The summed E-state index contributed by atoms with van der Waals surface area (Å²) in [4.78, 5) is 5.06. The molecule has 0 fully saturated rings. The SMILES string of the molecule is CC(C)C(Nc1cc(C(F)(F)F)ccn1)c1cccs1. The van der Waals surface area contributed by atoms with Crippen molar-refractivity contribution in [2.24, 2.45) is 5.92 Å². The summed E-state index contributed by atoms with van der Waals surface area (Å²) in [6.45, 7) is 4.04. The van der Waals surface area contributed by atoms with Crippen LogP contribution in [0.25, 0.3) is 0 Å². The lowest BCUT2D eigenvalue weighted by molar-refractivity contribution is -0.137. The number of anilines is 1. The normalized spacial score (nSPS) is 13.5. The van der Waals surface area contributed by atoms with E-state index in [9.17, 15) is 13.2 Å². The van der Waals surface area contributed by atoms with E-state index < -0.39 is 11.7 Å². The van der Waals surface area contributed by atoms with Crippen LogP contribution in [0, 0.1) is 5.92 Å². The van der Waals surface area contributed by atoms with E-state index in [1.54, 1.807) is 11.3 Å². The van der Waals surface area contributed by atoms with Crippen molar-refractivity contribution in [3.8, 4) is 0 Å². The molecule has 0 aliphatic carbocycles. The average molecular weight is 300 g/mol. The number of nitrogens with one attached hydrogen (secondary N) is 1. The largest absolute Gasteiger partial charge is 0.416 e. The van der Waals surface area contributed by atoms with Gasteiger partial charge in [0.2, 0.25) is 0 Å². The van der Waals surface area contributed by atoms with Gasteiger partial charge in [0.15, 0.2) is 0 Å². The molecule has 0 aromatic carbocycles. The molecule has 0 spiro atoms. The molecular formula is C14H15F3N2S. The standard InChI is InChI=1S/C14H15F3N2S/c1-9(2)13(11-4-3-7-20-11)19-12-8-10(5-6-18-12)14(15,16)17/h3-9,13H,1-2H3,(H,18,19). The number of aromatic nitrogens is 1. The molecule has 0 bridgehead atoms. The molecule has 0 radical (unpaired) electrons. The van der Waals surface area contributed by atoms with Crippen molar-refractivity contribution in [3.05, 3.63) is 46.3 Å². The Kier molecular flexibility index (Phi) is 4.32. The van der Waals surface area contributed by atoms with Gasteiger partial charge in [-0.15, -0.1) is 11.3 Å². The van der Waals surface area contributed by atoms with E-state index in [0.717, 1.165) is 17.0 Å². The van der Waals surface area contributed by atoms with Crippen LogP contribution in [-0.2, 0) is 6.18 Å². The third kappa shape index (κ3) is 3.50. The molecule has 2 heterocycles. The molecule has 0 amide bonds. The van der Waals surface area contributed by atoms with Gasteiger partial charge in [-0.3, -0.25) is 0 Å². The first-order valence-electron chi connectivity index (χ1n) is 6.21. The lowest BCUT2D eigenvalue weighted by Gasteiger charge is -2.22. The highest BCUT2D eigenvalue weighted by Gasteiger charge is 2.31. The number of alkyl halides is 3. The Labute approximate surface area is 119 Å². The first-order valence-corrected chi connectivity index (χ1v) is 7.09. The fourth-order valence-electron chi connectivity index (χ4n) is 1.88. The van der Waals surface area contributed by atoms with Gasteiger partial charge >= 0.3 is 6.18 Å². The zero-order chi connectivity index (χ0) is 14.8. The zero-order valence-corrected chi connectivity index (χ0v) is 11.9. The molecule has 1 unspecified atom stereocenters. The second kappa shape index (κ2) is 5.83. The maximum atomic E-state index is 12.7. The van der Waals surface area contributed by atoms with Gasteiger partial charge in [0.05, 0.1) is 11.6 Å². The summed E-state index contributed by atoms with van der Waals surface area (Å²) in [7, 11) is 0. The van der Waals surface area contributed by atoms with Crippen LogP contribution in [0.4, 0.5) is 19.0 Å². The van der Waals surface area contributed by atoms with E-state index in [0.29, 0.717) is 0 Å². The maximum Gasteiger partial charge on any atom is 0.416 e. The van der Waals surface area contributed by atoms with Gasteiger partial charge in [0.25, 0.3) is 0 Å².